The quantitative estimate of drug-likeness (QED) is 0.442. The molecule has 0 nitrogen and oxygen atoms in total. The van der Waals surface area contributed by atoms with Gasteiger partial charge in [-0.2, -0.15) is 0 Å². The van der Waals surface area contributed by atoms with Gasteiger partial charge < -0.3 is 0 Å². The maximum Gasteiger partial charge on any atom is 0 e. The van der Waals surface area contributed by atoms with Gasteiger partial charge in [-0.3, -0.25) is 0 Å². The van der Waals surface area contributed by atoms with E-state index in [-0.39, 0.29) is 117 Å². The molecule has 0 aliphatic heterocycles. The molecule has 0 N–H and O–H groups in total. The van der Waals surface area contributed by atoms with E-state index in [1.165, 1.54) is 0 Å². The van der Waals surface area contributed by atoms with E-state index in [9.17, 15) is 0 Å². The van der Waals surface area contributed by atoms with E-state index in [1.807, 2.05) is 0 Å². The van der Waals surface area contributed by atoms with Crippen LogP contribution in [-0.2, 0) is 90.1 Å². The third-order valence-electron chi connectivity index (χ3n) is 0. The largest absolute Gasteiger partial charge is 0.0776 e. The Bertz CT molecular complexity index is 24.0. The maximum absolute atomic E-state index is 0. The van der Waals surface area contributed by atoms with Crippen LogP contribution in [0.5, 0.6) is 0 Å². The molecule has 0 aromatic carbocycles. The topological polar surface area (TPSA) is 0 Å². The Labute approximate surface area is 115 Å². The van der Waals surface area contributed by atoms with E-state index in [0.717, 1.165) is 0 Å². The molecule has 0 fully saturated rings. The summed E-state index contributed by atoms with van der Waals surface area (Å²) in [5, 5.41) is 0. The van der Waals surface area contributed by atoms with Gasteiger partial charge in [0, 0.05) is 109 Å². The molecule has 7 heteroatoms. The van der Waals surface area contributed by atoms with Crippen LogP contribution in [-0.4, -0.2) is 19.4 Å². The fourth-order valence-corrected chi connectivity index (χ4v) is 0. The number of rotatable bonds is 0. The van der Waals surface area contributed by atoms with E-state index in [0.29, 0.717) is 0 Å². The Kier molecular flexibility index (Phi) is 1300. The SMILES string of the molecule is C.[B].[Co].[Cr].[Mn].[Ni].[Si].[Ta]. The van der Waals surface area contributed by atoms with Crippen LogP contribution >= 0.6 is 0 Å². The van der Waals surface area contributed by atoms with Crippen LogP contribution in [0.2, 0.25) is 0 Å². The normalized spacial score (nSPS) is 0. The van der Waals surface area contributed by atoms with E-state index in [2.05, 4.69) is 0 Å². The van der Waals surface area contributed by atoms with Gasteiger partial charge in [0.05, 0.1) is 0 Å². The van der Waals surface area contributed by atoms with E-state index >= 15 is 0 Å². The summed E-state index contributed by atoms with van der Waals surface area (Å²) in [5.74, 6) is 0. The zero-order valence-corrected chi connectivity index (χ0v) is 11.7. The summed E-state index contributed by atoms with van der Waals surface area (Å²) in [6, 6.07) is 0. The van der Waals surface area contributed by atoms with Crippen LogP contribution in [0.4, 0.5) is 0 Å². The smallest absolute Gasteiger partial charge is 0 e. The van der Waals surface area contributed by atoms with Crippen molar-refractivity contribution in [1.29, 1.82) is 0 Å². The number of hydrogen-bond donors (Lipinski definition) is 0. The first-order chi connectivity index (χ1) is 0. The Balaban J connectivity index is 0. The predicted octanol–water partition coefficient (Wildman–Crippen LogP) is -0.138. The summed E-state index contributed by atoms with van der Waals surface area (Å²) in [7, 11) is 0. The first kappa shape index (κ1) is 119. The Morgan fingerprint density at radius 1 is 1.00 bits per heavy atom. The molecule has 0 heterocycles. The van der Waals surface area contributed by atoms with Crippen LogP contribution in [0.1, 0.15) is 7.43 Å². The molecule has 8 heavy (non-hydrogen) atoms. The van der Waals surface area contributed by atoms with Crippen LogP contribution in [0.15, 0.2) is 0 Å². The molecule has 0 saturated carbocycles. The summed E-state index contributed by atoms with van der Waals surface area (Å²) < 4.78 is 0. The minimum absolute atomic E-state index is 0. The van der Waals surface area contributed by atoms with E-state index in [1.54, 1.807) is 0 Å². The van der Waals surface area contributed by atoms with Gasteiger partial charge in [-0.1, -0.05) is 7.43 Å². The Morgan fingerprint density at radius 3 is 1.00 bits per heavy atom. The second-order valence-electron chi connectivity index (χ2n) is 0. The molecule has 0 spiro atoms. The Morgan fingerprint density at radius 2 is 1.00 bits per heavy atom. The molecular weight excluding hydrogens is 456 g/mol. The summed E-state index contributed by atoms with van der Waals surface area (Å²) in [4.78, 5) is 0. The monoisotopic (exact) mass is 460 g/mol. The van der Waals surface area contributed by atoms with Crippen LogP contribution in [0, 0.1) is 0 Å². The van der Waals surface area contributed by atoms with Gasteiger partial charge in [-0.05, 0) is 0 Å². The van der Waals surface area contributed by atoms with Crippen molar-refractivity contribution < 1.29 is 90.1 Å². The minimum atomic E-state index is 0. The summed E-state index contributed by atoms with van der Waals surface area (Å²) in [5.41, 5.74) is 0. The molecule has 0 bridgehead atoms. The molecular formula is CH4BCoCrMnNiSiTa. The van der Waals surface area contributed by atoms with Gasteiger partial charge in [-0.15, -0.1) is 0 Å². The van der Waals surface area contributed by atoms with Crippen molar-refractivity contribution in [3.05, 3.63) is 0 Å². The molecule has 0 aromatic rings. The summed E-state index contributed by atoms with van der Waals surface area (Å²) in [6.07, 6.45) is 0. The van der Waals surface area contributed by atoms with E-state index in [4.69, 9.17) is 0 Å². The molecule has 0 unspecified atom stereocenters. The minimum Gasteiger partial charge on any atom is -0.0776 e. The zero-order valence-electron chi connectivity index (χ0n) is 2.96. The van der Waals surface area contributed by atoms with Gasteiger partial charge in [-0.25, -0.2) is 0 Å². The third kappa shape index (κ3) is 62.6. The third-order valence-corrected chi connectivity index (χ3v) is 0. The molecule has 0 atom stereocenters. The van der Waals surface area contributed by atoms with Gasteiger partial charge in [0.25, 0.3) is 0 Å². The number of hydrogen-bond acceptors (Lipinski definition) is 0. The standard InChI is InChI=1S/CH4.B.Co.Cr.Mn.Ni.Si.Ta/h1H4;;;;;;;. The van der Waals surface area contributed by atoms with E-state index < -0.39 is 0 Å². The van der Waals surface area contributed by atoms with Gasteiger partial charge in [0.1, 0.15) is 0 Å². The molecule has 0 rings (SSSR count). The molecule has 0 saturated heterocycles. The summed E-state index contributed by atoms with van der Waals surface area (Å²) in [6.45, 7) is 0. The van der Waals surface area contributed by atoms with Crippen molar-refractivity contribution in [2.75, 3.05) is 0 Å². The van der Waals surface area contributed by atoms with Crippen molar-refractivity contribution in [3.63, 3.8) is 0 Å². The van der Waals surface area contributed by atoms with Gasteiger partial charge in [0.2, 0.25) is 0 Å². The second kappa shape index (κ2) is 87.8. The first-order valence-corrected chi connectivity index (χ1v) is 0. The zero-order chi connectivity index (χ0) is 0. The van der Waals surface area contributed by atoms with Crippen molar-refractivity contribution in [2.24, 2.45) is 0 Å². The molecule has 52 valence electrons. The van der Waals surface area contributed by atoms with Crippen LogP contribution < -0.4 is 0 Å². The Hall–Kier alpha value is 3.07. The molecule has 0 amide bonds. The van der Waals surface area contributed by atoms with Crippen molar-refractivity contribution in [2.45, 2.75) is 7.43 Å². The fraction of sp³-hybridized carbons (Fsp3) is 1.00. The van der Waals surface area contributed by atoms with Gasteiger partial charge >= 0.3 is 0 Å². The first-order valence-electron chi connectivity index (χ1n) is 0. The van der Waals surface area contributed by atoms with Crippen molar-refractivity contribution in [3.8, 4) is 0 Å². The maximum atomic E-state index is 0. The predicted molar refractivity (Wildman–Crippen MR) is 18.2 cm³/mol. The molecule has 10 radical (unpaired) electrons. The summed E-state index contributed by atoms with van der Waals surface area (Å²) >= 11 is 0. The second-order valence-corrected chi connectivity index (χ2v) is 0. The van der Waals surface area contributed by atoms with Crippen LogP contribution in [0.3, 0.4) is 0 Å². The average Bonchev–Trinajstić information content (AvgIpc) is 0. The van der Waals surface area contributed by atoms with Gasteiger partial charge in [0.15, 0.2) is 0 Å². The fourth-order valence-electron chi connectivity index (χ4n) is 0. The molecule has 0 aromatic heterocycles. The van der Waals surface area contributed by atoms with Crippen molar-refractivity contribution in [1.82, 2.24) is 0 Å². The van der Waals surface area contributed by atoms with Crippen molar-refractivity contribution >= 4 is 19.4 Å². The average molecular weight is 460 g/mol. The molecule has 0 aliphatic carbocycles. The van der Waals surface area contributed by atoms with Crippen LogP contribution in [0.25, 0.3) is 0 Å². The molecule has 0 aliphatic rings.